The zero-order chi connectivity index (χ0) is 17.0. The van der Waals surface area contributed by atoms with Crippen LogP contribution in [0.2, 0.25) is 0 Å². The molecule has 1 N–H and O–H groups in total. The van der Waals surface area contributed by atoms with E-state index in [0.29, 0.717) is 0 Å². The van der Waals surface area contributed by atoms with E-state index >= 15 is 0 Å². The Morgan fingerprint density at radius 3 is 2.52 bits per heavy atom. The van der Waals surface area contributed by atoms with Crippen molar-refractivity contribution in [2.45, 2.75) is 39.7 Å². The fraction of sp³-hybridized carbons (Fsp3) is 0.333. The molecule has 0 saturated carbocycles. The Labute approximate surface area is 135 Å². The average molecular weight is 315 g/mol. The van der Waals surface area contributed by atoms with Crippen molar-refractivity contribution in [3.05, 3.63) is 53.5 Å². The van der Waals surface area contributed by atoms with E-state index in [4.69, 9.17) is 9.15 Å². The van der Waals surface area contributed by atoms with Crippen molar-refractivity contribution in [3.63, 3.8) is 0 Å². The van der Waals surface area contributed by atoms with E-state index in [1.807, 2.05) is 25.1 Å². The standard InChI is InChI=1S/C18H21NO4/c1-11(2)15-7-5-6-12(3)16(15)19-17(20)13(4)23-18(21)14-8-9-22-10-14/h5-11,13H,1-4H3,(H,19,20). The van der Waals surface area contributed by atoms with Gasteiger partial charge in [-0.05, 0) is 37.0 Å². The monoisotopic (exact) mass is 315 g/mol. The topological polar surface area (TPSA) is 68.5 Å². The average Bonchev–Trinajstić information content (AvgIpc) is 3.03. The van der Waals surface area contributed by atoms with Gasteiger partial charge in [0.2, 0.25) is 0 Å². The van der Waals surface area contributed by atoms with Gasteiger partial charge in [-0.25, -0.2) is 4.79 Å². The van der Waals surface area contributed by atoms with Gasteiger partial charge in [-0.1, -0.05) is 32.0 Å². The number of carbonyl (C=O) groups is 2. The molecule has 0 bridgehead atoms. The van der Waals surface area contributed by atoms with E-state index in [0.717, 1.165) is 16.8 Å². The molecule has 23 heavy (non-hydrogen) atoms. The molecule has 1 atom stereocenters. The van der Waals surface area contributed by atoms with E-state index in [1.165, 1.54) is 18.6 Å². The van der Waals surface area contributed by atoms with Crippen molar-refractivity contribution < 1.29 is 18.7 Å². The summed E-state index contributed by atoms with van der Waals surface area (Å²) in [5, 5.41) is 2.87. The van der Waals surface area contributed by atoms with Crippen molar-refractivity contribution >= 4 is 17.6 Å². The normalized spacial score (nSPS) is 12.0. The summed E-state index contributed by atoms with van der Waals surface area (Å²) in [6.45, 7) is 7.60. The summed E-state index contributed by atoms with van der Waals surface area (Å²) in [7, 11) is 0. The first kappa shape index (κ1) is 16.8. The van der Waals surface area contributed by atoms with Crippen molar-refractivity contribution in [3.8, 4) is 0 Å². The molecule has 0 aliphatic carbocycles. The maximum atomic E-state index is 12.3. The Morgan fingerprint density at radius 2 is 1.91 bits per heavy atom. The minimum Gasteiger partial charge on any atom is -0.472 e. The Morgan fingerprint density at radius 1 is 1.17 bits per heavy atom. The third-order valence-electron chi connectivity index (χ3n) is 3.59. The van der Waals surface area contributed by atoms with Crippen LogP contribution >= 0.6 is 0 Å². The number of esters is 1. The second kappa shape index (κ2) is 7.13. The summed E-state index contributed by atoms with van der Waals surface area (Å²) in [6, 6.07) is 7.37. The second-order valence-corrected chi connectivity index (χ2v) is 5.74. The fourth-order valence-corrected chi connectivity index (χ4v) is 2.23. The first-order valence-electron chi connectivity index (χ1n) is 7.53. The summed E-state index contributed by atoms with van der Waals surface area (Å²) in [5.41, 5.74) is 3.08. The van der Waals surface area contributed by atoms with Gasteiger partial charge in [-0.2, -0.15) is 0 Å². The molecular weight excluding hydrogens is 294 g/mol. The molecule has 1 aromatic heterocycles. The number of hydrogen-bond donors (Lipinski definition) is 1. The van der Waals surface area contributed by atoms with Crippen LogP contribution in [0.4, 0.5) is 5.69 Å². The lowest BCUT2D eigenvalue weighted by molar-refractivity contribution is -0.123. The summed E-state index contributed by atoms with van der Waals surface area (Å²) >= 11 is 0. The SMILES string of the molecule is Cc1cccc(C(C)C)c1NC(=O)C(C)OC(=O)c1ccoc1. The van der Waals surface area contributed by atoms with Gasteiger partial charge in [-0.15, -0.1) is 0 Å². The van der Waals surface area contributed by atoms with Crippen LogP contribution in [0.3, 0.4) is 0 Å². The van der Waals surface area contributed by atoms with Crippen molar-refractivity contribution in [2.75, 3.05) is 5.32 Å². The highest BCUT2D eigenvalue weighted by molar-refractivity contribution is 5.98. The molecule has 0 fully saturated rings. The fourth-order valence-electron chi connectivity index (χ4n) is 2.23. The van der Waals surface area contributed by atoms with Crippen LogP contribution in [0.25, 0.3) is 0 Å². The molecule has 2 aromatic rings. The number of carbonyl (C=O) groups excluding carboxylic acids is 2. The first-order valence-corrected chi connectivity index (χ1v) is 7.53. The molecule has 1 unspecified atom stereocenters. The third kappa shape index (κ3) is 4.00. The Kier molecular flexibility index (Phi) is 5.21. The molecule has 122 valence electrons. The minimum atomic E-state index is -0.906. The predicted molar refractivity (Wildman–Crippen MR) is 87.5 cm³/mol. The summed E-state index contributed by atoms with van der Waals surface area (Å²) in [5.74, 6) is -0.678. The number of aryl methyl sites for hydroxylation is 1. The van der Waals surface area contributed by atoms with Crippen molar-refractivity contribution in [2.24, 2.45) is 0 Å². The van der Waals surface area contributed by atoms with Gasteiger partial charge in [-0.3, -0.25) is 4.79 Å². The maximum Gasteiger partial charge on any atom is 0.342 e. The van der Waals surface area contributed by atoms with E-state index < -0.39 is 12.1 Å². The van der Waals surface area contributed by atoms with Crippen LogP contribution in [0.15, 0.2) is 41.2 Å². The lowest BCUT2D eigenvalue weighted by atomic mass is 9.98. The second-order valence-electron chi connectivity index (χ2n) is 5.74. The molecule has 1 amide bonds. The molecule has 5 nitrogen and oxygen atoms in total. The minimum absolute atomic E-state index is 0.272. The molecule has 0 saturated heterocycles. The van der Waals surface area contributed by atoms with Crippen molar-refractivity contribution in [1.29, 1.82) is 0 Å². The van der Waals surface area contributed by atoms with E-state index in [9.17, 15) is 9.59 Å². The zero-order valence-corrected chi connectivity index (χ0v) is 13.8. The van der Waals surface area contributed by atoms with Crippen molar-refractivity contribution in [1.82, 2.24) is 0 Å². The number of ether oxygens (including phenoxy) is 1. The van der Waals surface area contributed by atoms with Crippen LogP contribution in [-0.4, -0.2) is 18.0 Å². The van der Waals surface area contributed by atoms with Crippen LogP contribution in [-0.2, 0) is 9.53 Å². The molecule has 0 radical (unpaired) electrons. The van der Waals surface area contributed by atoms with E-state index in [2.05, 4.69) is 19.2 Å². The first-order chi connectivity index (χ1) is 10.9. The number of anilines is 1. The molecule has 1 heterocycles. The Hall–Kier alpha value is -2.56. The predicted octanol–water partition coefficient (Wildman–Crippen LogP) is 3.90. The number of benzene rings is 1. The highest BCUT2D eigenvalue weighted by Gasteiger charge is 2.21. The van der Waals surface area contributed by atoms with Gasteiger partial charge < -0.3 is 14.5 Å². The highest BCUT2D eigenvalue weighted by atomic mass is 16.5. The van der Waals surface area contributed by atoms with E-state index in [1.54, 1.807) is 6.92 Å². The van der Waals surface area contributed by atoms with Gasteiger partial charge in [0.05, 0.1) is 11.8 Å². The van der Waals surface area contributed by atoms with Crippen LogP contribution in [0.1, 0.15) is 48.2 Å². The lowest BCUT2D eigenvalue weighted by Gasteiger charge is -2.18. The van der Waals surface area contributed by atoms with Gasteiger partial charge in [0.15, 0.2) is 6.10 Å². The smallest absolute Gasteiger partial charge is 0.342 e. The molecule has 0 aliphatic heterocycles. The van der Waals surface area contributed by atoms with E-state index in [-0.39, 0.29) is 17.4 Å². The number of nitrogens with one attached hydrogen (secondary N) is 1. The van der Waals surface area contributed by atoms with Gasteiger partial charge in [0.1, 0.15) is 6.26 Å². The van der Waals surface area contributed by atoms with Crippen LogP contribution in [0.5, 0.6) is 0 Å². The largest absolute Gasteiger partial charge is 0.472 e. The number of para-hydroxylation sites is 1. The highest BCUT2D eigenvalue weighted by Crippen LogP contribution is 2.27. The van der Waals surface area contributed by atoms with Gasteiger partial charge in [0.25, 0.3) is 5.91 Å². The maximum absolute atomic E-state index is 12.3. The molecular formula is C18H21NO4. The molecule has 0 spiro atoms. The summed E-state index contributed by atoms with van der Waals surface area (Å²) < 4.78 is 9.99. The zero-order valence-electron chi connectivity index (χ0n) is 13.8. The molecule has 0 aliphatic rings. The molecule has 1 aromatic carbocycles. The molecule has 2 rings (SSSR count). The van der Waals surface area contributed by atoms with Gasteiger partial charge >= 0.3 is 5.97 Å². The van der Waals surface area contributed by atoms with Gasteiger partial charge in [0, 0.05) is 5.69 Å². The third-order valence-corrected chi connectivity index (χ3v) is 3.59. The van der Waals surface area contributed by atoms with Crippen LogP contribution < -0.4 is 5.32 Å². The Balaban J connectivity index is 2.08. The number of amides is 1. The summed E-state index contributed by atoms with van der Waals surface area (Å²) in [6.07, 6.45) is 1.76. The number of furan rings is 1. The summed E-state index contributed by atoms with van der Waals surface area (Å²) in [4.78, 5) is 24.2. The number of hydrogen-bond acceptors (Lipinski definition) is 4. The Bertz CT molecular complexity index is 689. The lowest BCUT2D eigenvalue weighted by Crippen LogP contribution is -2.30. The quantitative estimate of drug-likeness (QED) is 0.850. The molecule has 5 heteroatoms. The van der Waals surface area contributed by atoms with Crippen LogP contribution in [0, 0.1) is 6.92 Å². The number of rotatable bonds is 5.